The summed E-state index contributed by atoms with van der Waals surface area (Å²) in [4.78, 5) is 23.8. The van der Waals surface area contributed by atoms with E-state index in [9.17, 15) is 9.59 Å². The molecule has 3 aliphatic rings. The molecule has 144 valence electrons. The summed E-state index contributed by atoms with van der Waals surface area (Å²) in [5.41, 5.74) is 1.31. The Bertz CT molecular complexity index is 639. The summed E-state index contributed by atoms with van der Waals surface area (Å²) >= 11 is 0. The van der Waals surface area contributed by atoms with Crippen LogP contribution in [0.15, 0.2) is 24.3 Å². The predicted octanol–water partition coefficient (Wildman–Crippen LogP) is 4.18. The molecule has 0 saturated heterocycles. The molecule has 0 radical (unpaired) electrons. The molecule has 2 fully saturated rings. The number of carbonyl (C=O) groups excluding carboxylic acids is 1. The highest BCUT2D eigenvalue weighted by atomic mass is 16.4. The third-order valence-corrected chi connectivity index (χ3v) is 7.59. The van der Waals surface area contributed by atoms with Gasteiger partial charge in [0.2, 0.25) is 5.91 Å². The van der Waals surface area contributed by atoms with E-state index < -0.39 is 11.4 Å². The number of carboxylic acids is 1. The summed E-state index contributed by atoms with van der Waals surface area (Å²) in [6, 6.07) is 0. The average molecular weight is 360 g/mol. The molecule has 1 amide bonds. The van der Waals surface area contributed by atoms with Crippen molar-refractivity contribution in [2.45, 2.75) is 59.3 Å². The van der Waals surface area contributed by atoms with Crippen LogP contribution in [-0.4, -0.2) is 23.5 Å². The lowest BCUT2D eigenvalue weighted by molar-refractivity contribution is -0.144. The summed E-state index contributed by atoms with van der Waals surface area (Å²) < 4.78 is 0. The van der Waals surface area contributed by atoms with Gasteiger partial charge in [-0.25, -0.2) is 0 Å². The number of allylic oxidation sites excluding steroid dienone is 3. The van der Waals surface area contributed by atoms with Crippen molar-refractivity contribution >= 4 is 11.9 Å². The normalized spacial score (nSPS) is 42.0. The van der Waals surface area contributed by atoms with Gasteiger partial charge in [-0.05, 0) is 67.6 Å². The van der Waals surface area contributed by atoms with Gasteiger partial charge in [0.15, 0.2) is 0 Å². The molecule has 0 spiro atoms. The highest BCUT2D eigenvalue weighted by Gasteiger charge is 2.53. The Morgan fingerprint density at radius 3 is 2.73 bits per heavy atom. The Kier molecular flexibility index (Phi) is 5.06. The summed E-state index contributed by atoms with van der Waals surface area (Å²) in [6.45, 7) is 10.4. The largest absolute Gasteiger partial charge is 0.480 e. The number of aliphatic carboxylic acids is 1. The molecule has 3 aliphatic carbocycles. The Hall–Kier alpha value is -1.58. The summed E-state index contributed by atoms with van der Waals surface area (Å²) in [7, 11) is 0. The molecule has 0 aromatic heterocycles. The van der Waals surface area contributed by atoms with Crippen LogP contribution in [0.3, 0.4) is 0 Å². The van der Waals surface area contributed by atoms with Crippen molar-refractivity contribution in [3.63, 3.8) is 0 Å². The third-order valence-electron chi connectivity index (χ3n) is 7.59. The number of hydrogen-bond acceptors (Lipinski definition) is 2. The number of nitrogens with one attached hydrogen (secondary N) is 1. The third kappa shape index (κ3) is 3.23. The van der Waals surface area contributed by atoms with Crippen molar-refractivity contribution in [1.82, 2.24) is 5.32 Å². The fourth-order valence-corrected chi connectivity index (χ4v) is 5.89. The first-order valence-electron chi connectivity index (χ1n) is 10.0. The van der Waals surface area contributed by atoms with Crippen LogP contribution in [0.4, 0.5) is 0 Å². The molecule has 0 heterocycles. The number of carbonyl (C=O) groups is 2. The van der Waals surface area contributed by atoms with Crippen molar-refractivity contribution in [3.8, 4) is 0 Å². The number of fused-ring (bicyclic) bond motifs is 3. The average Bonchev–Trinajstić information content (AvgIpc) is 2.62. The smallest absolute Gasteiger partial charge is 0.322 e. The van der Waals surface area contributed by atoms with Crippen molar-refractivity contribution in [2.75, 3.05) is 6.54 Å². The zero-order valence-electron chi connectivity index (χ0n) is 16.4. The van der Waals surface area contributed by atoms with E-state index in [2.05, 4.69) is 44.8 Å². The van der Waals surface area contributed by atoms with E-state index in [4.69, 9.17) is 5.11 Å². The van der Waals surface area contributed by atoms with E-state index in [0.29, 0.717) is 23.7 Å². The van der Waals surface area contributed by atoms with Gasteiger partial charge in [0.25, 0.3) is 0 Å². The molecule has 26 heavy (non-hydrogen) atoms. The first kappa shape index (κ1) is 19.2. The van der Waals surface area contributed by atoms with Gasteiger partial charge in [-0.2, -0.15) is 0 Å². The lowest BCUT2D eigenvalue weighted by Crippen LogP contribution is -2.53. The van der Waals surface area contributed by atoms with Crippen molar-refractivity contribution < 1.29 is 14.7 Å². The molecule has 3 unspecified atom stereocenters. The van der Waals surface area contributed by atoms with E-state index >= 15 is 0 Å². The highest BCUT2D eigenvalue weighted by molar-refractivity contribution is 5.86. The molecule has 0 aliphatic heterocycles. The Balaban J connectivity index is 1.87. The molecule has 3 rings (SSSR count). The van der Waals surface area contributed by atoms with Crippen molar-refractivity contribution in [1.29, 1.82) is 0 Å². The number of carboxylic acid groups (broad SMARTS) is 1. The molecule has 0 aromatic rings. The van der Waals surface area contributed by atoms with Gasteiger partial charge in [-0.15, -0.1) is 6.58 Å². The predicted molar refractivity (Wildman–Crippen MR) is 102 cm³/mol. The molecule has 6 atom stereocenters. The Morgan fingerprint density at radius 2 is 2.08 bits per heavy atom. The molecule has 0 aromatic carbocycles. The highest BCUT2D eigenvalue weighted by Crippen LogP contribution is 2.59. The molecular formula is C22H33NO3. The van der Waals surface area contributed by atoms with E-state index in [0.717, 1.165) is 32.1 Å². The monoisotopic (exact) mass is 359 g/mol. The van der Waals surface area contributed by atoms with Gasteiger partial charge < -0.3 is 10.4 Å². The van der Waals surface area contributed by atoms with E-state index in [-0.39, 0.29) is 17.9 Å². The zero-order chi connectivity index (χ0) is 19.1. The van der Waals surface area contributed by atoms with Crippen LogP contribution < -0.4 is 5.32 Å². The van der Waals surface area contributed by atoms with Gasteiger partial charge in [0.05, 0.1) is 0 Å². The molecule has 4 nitrogen and oxygen atoms in total. The Morgan fingerprint density at radius 1 is 1.35 bits per heavy atom. The minimum atomic E-state index is -0.981. The summed E-state index contributed by atoms with van der Waals surface area (Å²) in [5, 5.41) is 11.6. The van der Waals surface area contributed by atoms with Crippen LogP contribution in [0.2, 0.25) is 0 Å². The summed E-state index contributed by atoms with van der Waals surface area (Å²) in [6.07, 6.45) is 10.8. The minimum Gasteiger partial charge on any atom is -0.480 e. The second-order valence-corrected chi connectivity index (χ2v) is 9.39. The van der Waals surface area contributed by atoms with E-state index in [1.54, 1.807) is 5.57 Å². The molecule has 4 heteroatoms. The number of hydrogen-bond donors (Lipinski definition) is 2. The fraction of sp³-hybridized carbons (Fsp3) is 0.727. The van der Waals surface area contributed by atoms with Crippen LogP contribution in [0.5, 0.6) is 0 Å². The standard InChI is InChI=1S/C22H33NO3/c1-5-21(3)10-9-16-15(12-21)6-7-17-19(16)14(2)8-11-22(17,4)20(26)23-13-18(24)25/h5,9,14-15,17,19H,1,6-8,10-13H2,2-4H3,(H,23,26)(H,24,25)/t14?,15?,17?,19-,21-,22+/m1/s1. The molecule has 0 bridgehead atoms. The van der Waals surface area contributed by atoms with Gasteiger partial charge in [0, 0.05) is 5.41 Å². The van der Waals surface area contributed by atoms with Gasteiger partial charge in [-0.3, -0.25) is 9.59 Å². The molecule has 2 N–H and O–H groups in total. The van der Waals surface area contributed by atoms with Crippen LogP contribution in [0.1, 0.15) is 59.3 Å². The minimum absolute atomic E-state index is 0.0763. The quantitative estimate of drug-likeness (QED) is 0.740. The second kappa shape index (κ2) is 6.86. The number of rotatable bonds is 4. The van der Waals surface area contributed by atoms with Crippen molar-refractivity contribution in [3.05, 3.63) is 24.3 Å². The topological polar surface area (TPSA) is 66.4 Å². The Labute approximate surface area is 157 Å². The number of amides is 1. The molecule has 2 saturated carbocycles. The maximum absolute atomic E-state index is 12.9. The maximum Gasteiger partial charge on any atom is 0.322 e. The van der Waals surface area contributed by atoms with Crippen LogP contribution in [-0.2, 0) is 9.59 Å². The second-order valence-electron chi connectivity index (χ2n) is 9.39. The lowest BCUT2D eigenvalue weighted by Gasteiger charge is -2.55. The van der Waals surface area contributed by atoms with Gasteiger partial charge in [-0.1, -0.05) is 38.5 Å². The van der Waals surface area contributed by atoms with Crippen LogP contribution >= 0.6 is 0 Å². The van der Waals surface area contributed by atoms with Gasteiger partial charge >= 0.3 is 5.97 Å². The lowest BCUT2D eigenvalue weighted by atomic mass is 9.50. The summed E-state index contributed by atoms with van der Waals surface area (Å²) in [5.74, 6) is 0.910. The fourth-order valence-electron chi connectivity index (χ4n) is 5.89. The van der Waals surface area contributed by atoms with Crippen LogP contribution in [0, 0.1) is 34.5 Å². The van der Waals surface area contributed by atoms with Crippen LogP contribution in [0.25, 0.3) is 0 Å². The van der Waals surface area contributed by atoms with Gasteiger partial charge in [0.1, 0.15) is 6.54 Å². The molecular weight excluding hydrogens is 326 g/mol. The first-order chi connectivity index (χ1) is 12.2. The van der Waals surface area contributed by atoms with E-state index in [1.807, 2.05) is 0 Å². The first-order valence-corrected chi connectivity index (χ1v) is 10.0. The van der Waals surface area contributed by atoms with E-state index in [1.165, 1.54) is 6.42 Å². The van der Waals surface area contributed by atoms with Crippen molar-refractivity contribution in [2.24, 2.45) is 34.5 Å². The zero-order valence-corrected chi connectivity index (χ0v) is 16.4. The SMILES string of the molecule is C=C[C@]1(C)CC=C2C(CCC3[C@@H]2C(C)CC[C@]3(C)C(=O)NCC(=O)O)C1. The maximum atomic E-state index is 12.9.